The maximum atomic E-state index is 13.3. The van der Waals surface area contributed by atoms with Crippen molar-refractivity contribution in [2.24, 2.45) is 0 Å². The first-order valence-corrected chi connectivity index (χ1v) is 7.54. The molecule has 1 aromatic carbocycles. The van der Waals surface area contributed by atoms with Crippen molar-refractivity contribution in [1.82, 2.24) is 9.55 Å². The highest BCUT2D eigenvalue weighted by Crippen LogP contribution is 2.37. The molecule has 25 heavy (non-hydrogen) atoms. The van der Waals surface area contributed by atoms with Gasteiger partial charge >= 0.3 is 5.97 Å². The maximum Gasteiger partial charge on any atom is 0.355 e. The Morgan fingerprint density at radius 1 is 1.04 bits per heavy atom. The zero-order valence-electron chi connectivity index (χ0n) is 13.7. The van der Waals surface area contributed by atoms with Gasteiger partial charge < -0.3 is 4.74 Å². The molecule has 0 atom stereocenters. The van der Waals surface area contributed by atoms with Gasteiger partial charge in [0.15, 0.2) is 0 Å². The normalized spacial score (nSPS) is 10.5. The number of rotatable bonds is 3. The summed E-state index contributed by atoms with van der Waals surface area (Å²) in [5.41, 5.74) is 2.65. The number of hydrogen-bond donors (Lipinski definition) is 0. The van der Waals surface area contributed by atoms with Crippen molar-refractivity contribution in [3.63, 3.8) is 0 Å². The van der Waals surface area contributed by atoms with E-state index in [1.807, 2.05) is 0 Å². The van der Waals surface area contributed by atoms with Crippen molar-refractivity contribution in [3.05, 3.63) is 66.5 Å². The number of benzene rings is 1. The SMILES string of the molecule is COC(=O)c1c(-c2ccc(F)cc2)c(-c2ccncc2)cn1C(C)=O. The number of hydrogen-bond acceptors (Lipinski definition) is 4. The number of carbonyl (C=O) groups excluding carboxylic acids is 2. The molecule has 0 spiro atoms. The summed E-state index contributed by atoms with van der Waals surface area (Å²) >= 11 is 0. The van der Waals surface area contributed by atoms with Crippen molar-refractivity contribution in [2.75, 3.05) is 7.11 Å². The van der Waals surface area contributed by atoms with E-state index in [-0.39, 0.29) is 17.4 Å². The van der Waals surface area contributed by atoms with Crippen LogP contribution >= 0.6 is 0 Å². The van der Waals surface area contributed by atoms with E-state index in [1.165, 1.54) is 30.7 Å². The molecule has 0 bridgehead atoms. The van der Waals surface area contributed by atoms with Crippen molar-refractivity contribution >= 4 is 11.9 Å². The summed E-state index contributed by atoms with van der Waals surface area (Å²) in [5, 5.41) is 0. The number of pyridine rings is 1. The fraction of sp³-hybridized carbons (Fsp3) is 0.105. The van der Waals surface area contributed by atoms with Gasteiger partial charge in [-0.3, -0.25) is 14.3 Å². The Kier molecular flexibility index (Phi) is 4.43. The Bertz CT molecular complexity index is 931. The number of ether oxygens (including phenoxy) is 1. The second kappa shape index (κ2) is 6.68. The molecule has 0 fully saturated rings. The van der Waals surface area contributed by atoms with Gasteiger partial charge in [0.05, 0.1) is 7.11 Å². The predicted octanol–water partition coefficient (Wildman–Crippen LogP) is 3.80. The maximum absolute atomic E-state index is 13.3. The summed E-state index contributed by atoms with van der Waals surface area (Å²) in [7, 11) is 1.25. The third-order valence-corrected chi connectivity index (χ3v) is 3.85. The number of halogens is 1. The molecule has 0 unspecified atom stereocenters. The molecular formula is C19H15FN2O3. The fourth-order valence-electron chi connectivity index (χ4n) is 2.71. The van der Waals surface area contributed by atoms with Crippen LogP contribution in [-0.4, -0.2) is 28.5 Å². The summed E-state index contributed by atoms with van der Waals surface area (Å²) in [6, 6.07) is 9.27. The Balaban J connectivity index is 2.36. The van der Waals surface area contributed by atoms with Gasteiger partial charge in [-0.05, 0) is 35.4 Å². The first kappa shape index (κ1) is 16.6. The second-order valence-electron chi connectivity index (χ2n) is 5.39. The first-order valence-electron chi connectivity index (χ1n) is 7.54. The highest BCUT2D eigenvalue weighted by atomic mass is 19.1. The topological polar surface area (TPSA) is 61.2 Å². The number of esters is 1. The van der Waals surface area contributed by atoms with Gasteiger partial charge in [-0.1, -0.05) is 12.1 Å². The van der Waals surface area contributed by atoms with Gasteiger partial charge in [-0.15, -0.1) is 0 Å². The molecule has 5 nitrogen and oxygen atoms in total. The minimum Gasteiger partial charge on any atom is -0.464 e. The van der Waals surface area contributed by atoms with Crippen molar-refractivity contribution < 1.29 is 18.7 Å². The van der Waals surface area contributed by atoms with Crippen LogP contribution in [0.2, 0.25) is 0 Å². The monoisotopic (exact) mass is 338 g/mol. The quantitative estimate of drug-likeness (QED) is 0.682. The van der Waals surface area contributed by atoms with E-state index in [4.69, 9.17) is 4.74 Å². The lowest BCUT2D eigenvalue weighted by atomic mass is 9.97. The molecule has 0 saturated carbocycles. The van der Waals surface area contributed by atoms with E-state index in [0.29, 0.717) is 16.7 Å². The lowest BCUT2D eigenvalue weighted by Crippen LogP contribution is -2.15. The standard InChI is InChI=1S/C19H15FN2O3/c1-12(23)22-11-16(13-7-9-21-10-8-13)17(18(22)19(24)25-2)14-3-5-15(20)6-4-14/h3-11H,1-2H3. The van der Waals surface area contributed by atoms with Gasteiger partial charge in [0.25, 0.3) is 0 Å². The van der Waals surface area contributed by atoms with Crippen LogP contribution in [-0.2, 0) is 4.74 Å². The molecule has 0 N–H and O–H groups in total. The lowest BCUT2D eigenvalue weighted by molar-refractivity contribution is 0.0583. The molecule has 0 amide bonds. The zero-order valence-corrected chi connectivity index (χ0v) is 13.7. The molecule has 2 heterocycles. The highest BCUT2D eigenvalue weighted by molar-refractivity contribution is 6.04. The Morgan fingerprint density at radius 2 is 1.68 bits per heavy atom. The van der Waals surface area contributed by atoms with Crippen LogP contribution in [0.5, 0.6) is 0 Å². The van der Waals surface area contributed by atoms with Crippen LogP contribution in [0.3, 0.4) is 0 Å². The van der Waals surface area contributed by atoms with Gasteiger partial charge in [0, 0.05) is 36.6 Å². The predicted molar refractivity (Wildman–Crippen MR) is 90.7 cm³/mol. The number of carbonyl (C=O) groups is 2. The molecule has 0 radical (unpaired) electrons. The highest BCUT2D eigenvalue weighted by Gasteiger charge is 2.26. The van der Waals surface area contributed by atoms with Gasteiger partial charge in [-0.25, -0.2) is 9.18 Å². The van der Waals surface area contributed by atoms with Crippen LogP contribution < -0.4 is 0 Å². The van der Waals surface area contributed by atoms with Crippen molar-refractivity contribution in [1.29, 1.82) is 0 Å². The van der Waals surface area contributed by atoms with Crippen LogP contribution in [0.15, 0.2) is 55.0 Å². The molecule has 126 valence electrons. The minimum atomic E-state index is -0.644. The van der Waals surface area contributed by atoms with Gasteiger partial charge in [0.2, 0.25) is 5.91 Å². The van der Waals surface area contributed by atoms with E-state index in [9.17, 15) is 14.0 Å². The Hall–Kier alpha value is -3.28. The van der Waals surface area contributed by atoms with Crippen LogP contribution in [0, 0.1) is 5.82 Å². The summed E-state index contributed by atoms with van der Waals surface area (Å²) in [4.78, 5) is 28.4. The Labute approximate surface area is 143 Å². The lowest BCUT2D eigenvalue weighted by Gasteiger charge is -2.09. The molecule has 0 aliphatic rings. The number of methoxy groups -OCH3 is 1. The third kappa shape index (κ3) is 3.06. The summed E-state index contributed by atoms with van der Waals surface area (Å²) in [5.74, 6) is -1.36. The first-order chi connectivity index (χ1) is 12.0. The Morgan fingerprint density at radius 3 is 2.24 bits per heavy atom. The van der Waals surface area contributed by atoms with Gasteiger partial charge in [-0.2, -0.15) is 0 Å². The average molecular weight is 338 g/mol. The van der Waals surface area contributed by atoms with E-state index >= 15 is 0 Å². The van der Waals surface area contributed by atoms with E-state index in [0.717, 1.165) is 5.56 Å². The summed E-state index contributed by atoms with van der Waals surface area (Å²) in [6.45, 7) is 1.36. The third-order valence-electron chi connectivity index (χ3n) is 3.85. The molecular weight excluding hydrogens is 323 g/mol. The van der Waals surface area contributed by atoms with Crippen molar-refractivity contribution in [2.45, 2.75) is 6.92 Å². The fourth-order valence-corrected chi connectivity index (χ4v) is 2.71. The zero-order chi connectivity index (χ0) is 18.0. The van der Waals surface area contributed by atoms with E-state index in [1.54, 1.807) is 42.9 Å². The summed E-state index contributed by atoms with van der Waals surface area (Å²) in [6.07, 6.45) is 4.82. The smallest absolute Gasteiger partial charge is 0.355 e. The molecule has 0 aliphatic heterocycles. The van der Waals surface area contributed by atoms with Crippen LogP contribution in [0.4, 0.5) is 4.39 Å². The van der Waals surface area contributed by atoms with Gasteiger partial charge in [0.1, 0.15) is 11.5 Å². The van der Waals surface area contributed by atoms with Crippen LogP contribution in [0.1, 0.15) is 22.2 Å². The second-order valence-corrected chi connectivity index (χ2v) is 5.39. The molecule has 0 saturated heterocycles. The molecule has 0 aliphatic carbocycles. The molecule has 6 heteroatoms. The summed E-state index contributed by atoms with van der Waals surface area (Å²) < 4.78 is 19.4. The average Bonchev–Trinajstić information content (AvgIpc) is 3.03. The largest absolute Gasteiger partial charge is 0.464 e. The molecule has 2 aromatic heterocycles. The van der Waals surface area contributed by atoms with Crippen LogP contribution in [0.25, 0.3) is 22.3 Å². The number of nitrogens with zero attached hydrogens (tertiary/aromatic N) is 2. The van der Waals surface area contributed by atoms with E-state index < -0.39 is 5.97 Å². The molecule has 3 aromatic rings. The van der Waals surface area contributed by atoms with E-state index in [2.05, 4.69) is 4.98 Å². The molecule has 3 rings (SSSR count). The number of aromatic nitrogens is 2. The van der Waals surface area contributed by atoms with Crippen molar-refractivity contribution in [3.8, 4) is 22.3 Å². The minimum absolute atomic E-state index is 0.105.